The third kappa shape index (κ3) is 1.44. The van der Waals surface area contributed by atoms with Gasteiger partial charge in [-0.1, -0.05) is 13.8 Å². The number of thiazole rings is 1. The topological polar surface area (TPSA) is 50.9 Å². The lowest BCUT2D eigenvalue weighted by atomic mass is 9.63. The minimum Gasteiger partial charge on any atom is -0.358 e. The van der Waals surface area contributed by atoms with Crippen LogP contribution in [0, 0.1) is 5.41 Å². The van der Waals surface area contributed by atoms with E-state index in [0.29, 0.717) is 12.1 Å². The molecule has 1 aliphatic rings. The maximum Gasteiger partial charge on any atom is 0.182 e. The summed E-state index contributed by atoms with van der Waals surface area (Å²) in [6, 6.07) is 0.804. The average molecular weight is 197 g/mol. The predicted octanol–water partition coefficient (Wildman–Crippen LogP) is 1.68. The molecule has 13 heavy (non-hydrogen) atoms. The van der Waals surface area contributed by atoms with E-state index in [1.165, 1.54) is 0 Å². The second-order valence-corrected chi connectivity index (χ2v) is 5.09. The first-order valence-corrected chi connectivity index (χ1v) is 5.40. The molecule has 1 aromatic heterocycles. The van der Waals surface area contributed by atoms with Crippen molar-refractivity contribution >= 4 is 16.5 Å². The monoisotopic (exact) mass is 197 g/mol. The molecule has 1 aliphatic carbocycles. The van der Waals surface area contributed by atoms with Gasteiger partial charge in [0, 0.05) is 29.1 Å². The van der Waals surface area contributed by atoms with Gasteiger partial charge in [-0.25, -0.2) is 4.98 Å². The van der Waals surface area contributed by atoms with Gasteiger partial charge >= 0.3 is 0 Å². The molecule has 3 N–H and O–H groups in total. The van der Waals surface area contributed by atoms with E-state index in [2.05, 4.69) is 24.1 Å². The molecule has 1 saturated carbocycles. The van der Waals surface area contributed by atoms with Gasteiger partial charge in [0.15, 0.2) is 5.13 Å². The number of nitrogens with one attached hydrogen (secondary N) is 1. The van der Waals surface area contributed by atoms with Crippen molar-refractivity contribution in [3.05, 3.63) is 11.6 Å². The van der Waals surface area contributed by atoms with Crippen LogP contribution in [-0.4, -0.2) is 17.1 Å². The molecule has 2 rings (SSSR count). The Bertz CT molecular complexity index is 281. The van der Waals surface area contributed by atoms with E-state index in [-0.39, 0.29) is 5.41 Å². The first-order valence-electron chi connectivity index (χ1n) is 4.52. The van der Waals surface area contributed by atoms with E-state index in [4.69, 9.17) is 5.73 Å². The van der Waals surface area contributed by atoms with E-state index in [0.717, 1.165) is 11.6 Å². The fraction of sp³-hybridized carbons (Fsp3) is 0.667. The Morgan fingerprint density at radius 2 is 2.46 bits per heavy atom. The normalized spacial score (nSPS) is 31.0. The van der Waals surface area contributed by atoms with E-state index in [1.807, 2.05) is 11.6 Å². The number of nitrogens with two attached hydrogens (primary N) is 1. The van der Waals surface area contributed by atoms with Gasteiger partial charge in [-0.15, -0.1) is 11.3 Å². The molecule has 0 aromatic carbocycles. The predicted molar refractivity (Wildman–Crippen MR) is 55.9 cm³/mol. The number of hydrogen-bond donors (Lipinski definition) is 2. The smallest absolute Gasteiger partial charge is 0.182 e. The molecular weight excluding hydrogens is 182 g/mol. The molecule has 0 saturated heterocycles. The van der Waals surface area contributed by atoms with Crippen LogP contribution >= 0.6 is 11.3 Å². The second-order valence-electron chi connectivity index (χ2n) is 4.20. The molecule has 0 aliphatic heterocycles. The van der Waals surface area contributed by atoms with Crippen LogP contribution in [0.25, 0.3) is 0 Å². The molecule has 1 heterocycles. The first kappa shape index (κ1) is 8.97. The number of aromatic nitrogens is 1. The third-order valence-corrected chi connectivity index (χ3v) is 3.78. The third-order valence-electron chi connectivity index (χ3n) is 3.07. The van der Waals surface area contributed by atoms with Crippen molar-refractivity contribution in [2.24, 2.45) is 11.1 Å². The van der Waals surface area contributed by atoms with Crippen LogP contribution in [0.1, 0.15) is 20.3 Å². The zero-order valence-electron chi connectivity index (χ0n) is 7.95. The second kappa shape index (κ2) is 2.96. The Balaban J connectivity index is 1.98. The fourth-order valence-corrected chi connectivity index (χ4v) is 2.23. The number of hydrogen-bond acceptors (Lipinski definition) is 4. The quantitative estimate of drug-likeness (QED) is 0.758. The summed E-state index contributed by atoms with van der Waals surface area (Å²) in [6.07, 6.45) is 2.87. The van der Waals surface area contributed by atoms with Gasteiger partial charge in [-0.05, 0) is 6.42 Å². The summed E-state index contributed by atoms with van der Waals surface area (Å²) in [5.74, 6) is 0. The van der Waals surface area contributed by atoms with E-state index in [1.54, 1.807) is 11.3 Å². The highest BCUT2D eigenvalue weighted by molar-refractivity contribution is 7.13. The van der Waals surface area contributed by atoms with Crippen LogP contribution < -0.4 is 11.1 Å². The summed E-state index contributed by atoms with van der Waals surface area (Å²) in [5, 5.41) is 6.39. The molecule has 0 bridgehead atoms. The number of rotatable bonds is 2. The Kier molecular flexibility index (Phi) is 2.04. The van der Waals surface area contributed by atoms with Gasteiger partial charge in [0.05, 0.1) is 0 Å². The van der Waals surface area contributed by atoms with Gasteiger partial charge in [-0.3, -0.25) is 0 Å². The molecule has 0 spiro atoms. The highest BCUT2D eigenvalue weighted by Crippen LogP contribution is 2.41. The summed E-state index contributed by atoms with van der Waals surface area (Å²) in [7, 11) is 0. The van der Waals surface area contributed by atoms with E-state index in [9.17, 15) is 0 Å². The lowest BCUT2D eigenvalue weighted by Gasteiger charge is -2.50. The van der Waals surface area contributed by atoms with Crippen molar-refractivity contribution in [2.75, 3.05) is 5.32 Å². The SMILES string of the molecule is CC1(C)C(N)CC1Nc1nccs1. The fourth-order valence-electron chi connectivity index (χ4n) is 1.65. The minimum atomic E-state index is 0.200. The highest BCUT2D eigenvalue weighted by Gasteiger charge is 2.46. The minimum absolute atomic E-state index is 0.200. The number of nitrogens with zero attached hydrogens (tertiary/aromatic N) is 1. The van der Waals surface area contributed by atoms with Crippen molar-refractivity contribution in [3.63, 3.8) is 0 Å². The summed E-state index contributed by atoms with van der Waals surface area (Å²) < 4.78 is 0. The molecular formula is C9H15N3S. The lowest BCUT2D eigenvalue weighted by molar-refractivity contribution is 0.117. The van der Waals surface area contributed by atoms with Crippen molar-refractivity contribution in [2.45, 2.75) is 32.4 Å². The summed E-state index contributed by atoms with van der Waals surface area (Å²) in [5.41, 5.74) is 6.12. The largest absolute Gasteiger partial charge is 0.358 e. The Labute approximate surface area is 82.4 Å². The van der Waals surface area contributed by atoms with Gasteiger partial charge in [-0.2, -0.15) is 0 Å². The highest BCUT2D eigenvalue weighted by atomic mass is 32.1. The Hall–Kier alpha value is -0.610. The van der Waals surface area contributed by atoms with Crippen molar-refractivity contribution < 1.29 is 0 Å². The molecule has 0 amide bonds. The standard InChI is InChI=1S/C9H15N3S/c1-9(2)6(10)5-7(9)12-8-11-3-4-13-8/h3-4,6-7H,5,10H2,1-2H3,(H,11,12). The van der Waals surface area contributed by atoms with Crippen LogP contribution in [0.3, 0.4) is 0 Å². The Morgan fingerprint density at radius 3 is 2.92 bits per heavy atom. The summed E-state index contributed by atoms with van der Waals surface area (Å²) in [6.45, 7) is 4.40. The van der Waals surface area contributed by atoms with Crippen molar-refractivity contribution in [1.29, 1.82) is 0 Å². The van der Waals surface area contributed by atoms with Crippen molar-refractivity contribution in [1.82, 2.24) is 4.98 Å². The zero-order valence-corrected chi connectivity index (χ0v) is 8.77. The van der Waals surface area contributed by atoms with E-state index < -0.39 is 0 Å². The van der Waals surface area contributed by atoms with Crippen LogP contribution in [0.2, 0.25) is 0 Å². The maximum absolute atomic E-state index is 5.92. The van der Waals surface area contributed by atoms with Gasteiger partial charge in [0.1, 0.15) is 0 Å². The lowest BCUT2D eigenvalue weighted by Crippen LogP contribution is -2.61. The summed E-state index contributed by atoms with van der Waals surface area (Å²) >= 11 is 1.64. The van der Waals surface area contributed by atoms with Gasteiger partial charge in [0.2, 0.25) is 0 Å². The zero-order chi connectivity index (χ0) is 9.47. The van der Waals surface area contributed by atoms with Crippen LogP contribution in [0.5, 0.6) is 0 Å². The van der Waals surface area contributed by atoms with E-state index >= 15 is 0 Å². The molecule has 72 valence electrons. The number of anilines is 1. The average Bonchev–Trinajstić information content (AvgIpc) is 2.56. The van der Waals surface area contributed by atoms with Gasteiger partial charge < -0.3 is 11.1 Å². The Morgan fingerprint density at radius 1 is 1.69 bits per heavy atom. The maximum atomic E-state index is 5.92. The van der Waals surface area contributed by atoms with Crippen LogP contribution in [0.15, 0.2) is 11.6 Å². The molecule has 2 atom stereocenters. The summed E-state index contributed by atoms with van der Waals surface area (Å²) in [4.78, 5) is 4.20. The molecule has 2 unspecified atom stereocenters. The van der Waals surface area contributed by atoms with Crippen molar-refractivity contribution in [3.8, 4) is 0 Å². The molecule has 1 aromatic rings. The first-order chi connectivity index (χ1) is 6.10. The van der Waals surface area contributed by atoms with Crippen LogP contribution in [-0.2, 0) is 0 Å². The molecule has 4 heteroatoms. The van der Waals surface area contributed by atoms with Gasteiger partial charge in [0.25, 0.3) is 0 Å². The van der Waals surface area contributed by atoms with Crippen LogP contribution in [0.4, 0.5) is 5.13 Å². The molecule has 0 radical (unpaired) electrons. The molecule has 3 nitrogen and oxygen atoms in total. The molecule has 1 fully saturated rings.